The summed E-state index contributed by atoms with van der Waals surface area (Å²) in [6.07, 6.45) is 0.780. The van der Waals surface area contributed by atoms with Crippen molar-refractivity contribution in [1.82, 2.24) is 24.7 Å². The molecule has 0 spiro atoms. The molecule has 11 heteroatoms. The fraction of sp³-hybridized carbons (Fsp3) is 0.381. The molecule has 0 radical (unpaired) electrons. The van der Waals surface area contributed by atoms with Gasteiger partial charge in [0.1, 0.15) is 17.6 Å². The molecule has 10 nitrogen and oxygen atoms in total. The Balaban J connectivity index is 1.36. The normalized spacial score (nSPS) is 25.2. The Morgan fingerprint density at radius 3 is 2.88 bits per heavy atom. The molecule has 1 aromatic carbocycles. The molecule has 0 aliphatic carbocycles. The molecule has 4 heterocycles. The minimum Gasteiger partial charge on any atom is -0.354 e. The molecule has 0 saturated carbocycles. The van der Waals surface area contributed by atoms with Crippen molar-refractivity contribution in [2.75, 3.05) is 13.2 Å². The first-order valence-corrected chi connectivity index (χ1v) is 10.5. The smallest absolute Gasteiger partial charge is 0.257 e. The lowest BCUT2D eigenvalue weighted by Crippen LogP contribution is -2.65. The molecule has 3 atom stereocenters. The van der Waals surface area contributed by atoms with Gasteiger partial charge in [-0.2, -0.15) is 0 Å². The second-order valence-electron chi connectivity index (χ2n) is 8.12. The lowest BCUT2D eigenvalue weighted by molar-refractivity contribution is -0.159. The third kappa shape index (κ3) is 3.09. The number of amides is 2. The standard InChI is InChI=1S/C21H20ClN5O5/c1-10-9-32-16-8-26-7-12(18(28)19(29)17(26)21(31)27(10)16)20(30)23-6-15-24-13-5-11(22)3-4-14(13)25(15)2/h3-5,7,10,16-17H,6,8-9H2,1-2H3,(H,23,30)/t10-,16+,17?/m0/s1. The van der Waals surface area contributed by atoms with Gasteiger partial charge in [-0.25, -0.2) is 4.98 Å². The van der Waals surface area contributed by atoms with Crippen LogP contribution in [0.15, 0.2) is 30.0 Å². The van der Waals surface area contributed by atoms with Crippen molar-refractivity contribution in [1.29, 1.82) is 0 Å². The van der Waals surface area contributed by atoms with Gasteiger partial charge in [0.2, 0.25) is 11.6 Å². The molecule has 0 bridgehead atoms. The van der Waals surface area contributed by atoms with Crippen LogP contribution in [0.2, 0.25) is 5.02 Å². The van der Waals surface area contributed by atoms with E-state index in [0.29, 0.717) is 23.0 Å². The molecule has 3 aliphatic heterocycles. The number of ether oxygens (including phenoxy) is 1. The van der Waals surface area contributed by atoms with Crippen LogP contribution >= 0.6 is 11.6 Å². The minimum atomic E-state index is -1.25. The van der Waals surface area contributed by atoms with Gasteiger partial charge in [0.05, 0.1) is 36.8 Å². The monoisotopic (exact) mass is 457 g/mol. The van der Waals surface area contributed by atoms with Gasteiger partial charge < -0.3 is 24.4 Å². The Hall–Kier alpha value is -3.24. The first kappa shape index (κ1) is 20.7. The molecular weight excluding hydrogens is 438 g/mol. The molecule has 2 aromatic rings. The highest BCUT2D eigenvalue weighted by Crippen LogP contribution is 2.29. The first-order chi connectivity index (χ1) is 15.3. The predicted molar refractivity (Wildman–Crippen MR) is 112 cm³/mol. The van der Waals surface area contributed by atoms with Crippen LogP contribution in [0.4, 0.5) is 0 Å². The van der Waals surface area contributed by atoms with E-state index < -0.39 is 35.7 Å². The highest BCUT2D eigenvalue weighted by molar-refractivity contribution is 6.54. The number of Topliss-reactive ketones (excluding diaryl/α,β-unsaturated/α-hetero) is 2. The van der Waals surface area contributed by atoms with E-state index in [2.05, 4.69) is 10.3 Å². The third-order valence-electron chi connectivity index (χ3n) is 6.10. The topological polar surface area (TPSA) is 114 Å². The van der Waals surface area contributed by atoms with Gasteiger partial charge in [0.25, 0.3) is 11.8 Å². The van der Waals surface area contributed by atoms with Crippen LogP contribution in [0.1, 0.15) is 12.7 Å². The number of nitrogens with one attached hydrogen (secondary N) is 1. The second kappa shape index (κ2) is 7.42. The summed E-state index contributed by atoms with van der Waals surface area (Å²) in [6.45, 7) is 2.44. The van der Waals surface area contributed by atoms with Crippen LogP contribution in [0.3, 0.4) is 0 Å². The zero-order valence-electron chi connectivity index (χ0n) is 17.4. The van der Waals surface area contributed by atoms with Crippen LogP contribution in [0.5, 0.6) is 0 Å². The van der Waals surface area contributed by atoms with Gasteiger partial charge >= 0.3 is 0 Å². The number of aryl methyl sites for hydroxylation is 1. The summed E-state index contributed by atoms with van der Waals surface area (Å²) >= 11 is 6.01. The number of carbonyl (C=O) groups is 4. The first-order valence-electron chi connectivity index (χ1n) is 10.1. The quantitative estimate of drug-likeness (QED) is 0.396. The fourth-order valence-corrected chi connectivity index (χ4v) is 4.60. The molecule has 2 amide bonds. The van der Waals surface area contributed by atoms with E-state index in [1.54, 1.807) is 23.7 Å². The number of carbonyl (C=O) groups excluding carboxylic acids is 4. The number of halogens is 1. The molecule has 3 aliphatic rings. The van der Waals surface area contributed by atoms with E-state index in [-0.39, 0.29) is 24.7 Å². The van der Waals surface area contributed by atoms with E-state index in [1.165, 1.54) is 16.0 Å². The van der Waals surface area contributed by atoms with Gasteiger partial charge in [-0.05, 0) is 25.1 Å². The number of benzene rings is 1. The van der Waals surface area contributed by atoms with Gasteiger partial charge in [-0.3, -0.25) is 19.2 Å². The Labute approximate surface area is 187 Å². The van der Waals surface area contributed by atoms with Crippen LogP contribution in [0.25, 0.3) is 11.0 Å². The highest BCUT2D eigenvalue weighted by atomic mass is 35.5. The largest absolute Gasteiger partial charge is 0.354 e. The lowest BCUT2D eigenvalue weighted by Gasteiger charge is -2.43. The Morgan fingerprint density at radius 1 is 1.31 bits per heavy atom. The molecule has 1 aromatic heterocycles. The molecule has 166 valence electrons. The number of hydrogen-bond acceptors (Lipinski definition) is 7. The number of nitrogens with zero attached hydrogens (tertiary/aromatic N) is 4. The van der Waals surface area contributed by atoms with Crippen LogP contribution < -0.4 is 5.32 Å². The van der Waals surface area contributed by atoms with Gasteiger partial charge in [0.15, 0.2) is 6.04 Å². The summed E-state index contributed by atoms with van der Waals surface area (Å²) in [5.41, 5.74) is 1.21. The fourth-order valence-electron chi connectivity index (χ4n) is 4.43. The van der Waals surface area contributed by atoms with E-state index in [4.69, 9.17) is 16.3 Å². The third-order valence-corrected chi connectivity index (χ3v) is 6.34. The molecule has 5 rings (SSSR count). The Kier molecular flexibility index (Phi) is 4.79. The summed E-state index contributed by atoms with van der Waals surface area (Å²) < 4.78 is 7.43. The molecular formula is C21H20ClN5O5. The van der Waals surface area contributed by atoms with Crippen molar-refractivity contribution in [3.05, 3.63) is 40.8 Å². The highest BCUT2D eigenvalue weighted by Gasteiger charge is 2.52. The van der Waals surface area contributed by atoms with E-state index in [1.807, 2.05) is 13.0 Å². The molecule has 1 N–H and O–H groups in total. The van der Waals surface area contributed by atoms with Crippen LogP contribution in [-0.4, -0.2) is 74.2 Å². The van der Waals surface area contributed by atoms with E-state index in [9.17, 15) is 19.2 Å². The summed E-state index contributed by atoms with van der Waals surface area (Å²) in [5.74, 6) is -2.50. The van der Waals surface area contributed by atoms with Gasteiger partial charge in [-0.15, -0.1) is 0 Å². The SMILES string of the molecule is C[C@H]1CO[C@@H]2CN3C=C(C(=O)NCc4nc5cc(Cl)ccc5n4C)C(=O)C(=O)C3C(=O)N12. The zero-order valence-corrected chi connectivity index (χ0v) is 18.1. The molecule has 2 fully saturated rings. The van der Waals surface area contributed by atoms with Gasteiger partial charge in [0, 0.05) is 18.3 Å². The van der Waals surface area contributed by atoms with Crippen molar-refractivity contribution in [3.63, 3.8) is 0 Å². The number of hydrogen-bond donors (Lipinski definition) is 1. The Morgan fingerprint density at radius 2 is 2.09 bits per heavy atom. The summed E-state index contributed by atoms with van der Waals surface area (Å²) in [7, 11) is 1.80. The zero-order chi connectivity index (χ0) is 22.7. The number of fused-ring (bicyclic) bond motifs is 3. The van der Waals surface area contributed by atoms with Crippen molar-refractivity contribution < 1.29 is 23.9 Å². The van der Waals surface area contributed by atoms with Crippen molar-refractivity contribution >= 4 is 46.0 Å². The summed E-state index contributed by atoms with van der Waals surface area (Å²) in [4.78, 5) is 58.4. The summed E-state index contributed by atoms with van der Waals surface area (Å²) in [6, 6.07) is 3.87. The van der Waals surface area contributed by atoms with Gasteiger partial charge in [-0.1, -0.05) is 11.6 Å². The molecule has 32 heavy (non-hydrogen) atoms. The number of rotatable bonds is 3. The lowest BCUT2D eigenvalue weighted by atomic mass is 9.93. The number of aromatic nitrogens is 2. The molecule has 2 saturated heterocycles. The second-order valence-corrected chi connectivity index (χ2v) is 8.56. The number of piperazine rings is 1. The maximum atomic E-state index is 12.8. The van der Waals surface area contributed by atoms with Crippen molar-refractivity contribution in [2.45, 2.75) is 31.8 Å². The molecule has 1 unspecified atom stereocenters. The number of ketones is 2. The van der Waals surface area contributed by atoms with E-state index in [0.717, 1.165) is 5.52 Å². The average molecular weight is 458 g/mol. The number of imidazole rings is 1. The average Bonchev–Trinajstić information content (AvgIpc) is 3.28. The predicted octanol–water partition coefficient (Wildman–Crippen LogP) is 0.136. The maximum absolute atomic E-state index is 12.8. The maximum Gasteiger partial charge on any atom is 0.257 e. The van der Waals surface area contributed by atoms with Crippen LogP contribution in [-0.2, 0) is 37.5 Å². The minimum absolute atomic E-state index is 0.0415. The Bertz CT molecular complexity index is 1220. The van der Waals surface area contributed by atoms with Crippen molar-refractivity contribution in [3.8, 4) is 0 Å². The van der Waals surface area contributed by atoms with E-state index >= 15 is 0 Å². The van der Waals surface area contributed by atoms with Crippen LogP contribution in [0, 0.1) is 0 Å². The van der Waals surface area contributed by atoms with Crippen molar-refractivity contribution in [2.24, 2.45) is 7.05 Å². The summed E-state index contributed by atoms with van der Waals surface area (Å²) in [5, 5.41) is 3.19.